The highest BCUT2D eigenvalue weighted by molar-refractivity contribution is 14.0. The minimum Gasteiger partial charge on any atom is -0.393 e. The lowest BCUT2D eigenvalue weighted by atomic mass is 9.85. The molecule has 3 N–H and O–H groups in total. The van der Waals surface area contributed by atoms with Crippen LogP contribution in [0.2, 0.25) is 0 Å². The van der Waals surface area contributed by atoms with E-state index in [2.05, 4.69) is 51.7 Å². The molecule has 0 spiro atoms. The molecule has 5 nitrogen and oxygen atoms in total. The number of aliphatic hydroxyl groups is 1. The smallest absolute Gasteiger partial charge is 0.191 e. The SMILES string of the molecule is CN=C(NCc1ccc(CN2CCC(O)CC2)cc1)NC(C)CCC1CCCCC1.I. The van der Waals surface area contributed by atoms with Crippen molar-refractivity contribution in [3.05, 3.63) is 35.4 Å². The number of nitrogens with one attached hydrogen (secondary N) is 2. The maximum Gasteiger partial charge on any atom is 0.191 e. The average Bonchev–Trinajstić information content (AvgIpc) is 2.78. The van der Waals surface area contributed by atoms with Crippen LogP contribution in [0.1, 0.15) is 75.8 Å². The van der Waals surface area contributed by atoms with Gasteiger partial charge in [0.05, 0.1) is 6.10 Å². The Balaban J connectivity index is 0.00000341. The van der Waals surface area contributed by atoms with Crippen LogP contribution in [0.3, 0.4) is 0 Å². The van der Waals surface area contributed by atoms with Crippen LogP contribution >= 0.6 is 24.0 Å². The van der Waals surface area contributed by atoms with E-state index in [9.17, 15) is 5.11 Å². The van der Waals surface area contributed by atoms with Crippen molar-refractivity contribution in [1.29, 1.82) is 0 Å². The van der Waals surface area contributed by atoms with Crippen molar-refractivity contribution in [3.63, 3.8) is 0 Å². The molecule has 1 saturated carbocycles. The predicted molar refractivity (Wildman–Crippen MR) is 141 cm³/mol. The lowest BCUT2D eigenvalue weighted by Crippen LogP contribution is -2.42. The first-order chi connectivity index (χ1) is 14.6. The molecule has 31 heavy (non-hydrogen) atoms. The van der Waals surface area contributed by atoms with Gasteiger partial charge in [-0.2, -0.15) is 0 Å². The quantitative estimate of drug-likeness (QED) is 0.254. The zero-order valence-corrected chi connectivity index (χ0v) is 21.8. The van der Waals surface area contributed by atoms with E-state index in [1.807, 2.05) is 7.05 Å². The van der Waals surface area contributed by atoms with E-state index < -0.39 is 0 Å². The maximum atomic E-state index is 9.65. The molecule has 1 heterocycles. The van der Waals surface area contributed by atoms with Gasteiger partial charge in [0, 0.05) is 39.3 Å². The first-order valence-electron chi connectivity index (χ1n) is 12.1. The van der Waals surface area contributed by atoms with Crippen LogP contribution in [0.5, 0.6) is 0 Å². The van der Waals surface area contributed by atoms with Crippen LogP contribution < -0.4 is 10.6 Å². The second-order valence-electron chi connectivity index (χ2n) is 9.38. The minimum atomic E-state index is -0.104. The number of piperidine rings is 1. The van der Waals surface area contributed by atoms with Crippen molar-refractivity contribution in [2.24, 2.45) is 10.9 Å². The highest BCUT2D eigenvalue weighted by Gasteiger charge is 2.17. The molecular weight excluding hydrogens is 499 g/mol. The number of likely N-dealkylation sites (tertiary alicyclic amines) is 1. The Bertz CT molecular complexity index is 637. The monoisotopic (exact) mass is 542 g/mol. The number of nitrogens with zero attached hydrogens (tertiary/aromatic N) is 2. The predicted octanol–water partition coefficient (Wildman–Crippen LogP) is 4.68. The number of hydrogen-bond donors (Lipinski definition) is 3. The third-order valence-electron chi connectivity index (χ3n) is 6.79. The zero-order chi connectivity index (χ0) is 21.2. The number of hydrogen-bond acceptors (Lipinski definition) is 3. The number of aliphatic hydroxyl groups excluding tert-OH is 1. The van der Waals surface area contributed by atoms with Crippen molar-refractivity contribution < 1.29 is 5.11 Å². The van der Waals surface area contributed by atoms with E-state index in [-0.39, 0.29) is 30.1 Å². The third kappa shape index (κ3) is 9.66. The van der Waals surface area contributed by atoms with Crippen molar-refractivity contribution in [2.75, 3.05) is 20.1 Å². The summed E-state index contributed by atoms with van der Waals surface area (Å²) in [5.74, 6) is 1.83. The first kappa shape index (κ1) is 26.4. The van der Waals surface area contributed by atoms with Gasteiger partial charge in [-0.15, -0.1) is 24.0 Å². The molecule has 1 aromatic rings. The van der Waals surface area contributed by atoms with Crippen LogP contribution in [0.25, 0.3) is 0 Å². The summed E-state index contributed by atoms with van der Waals surface area (Å²) in [5, 5.41) is 16.7. The van der Waals surface area contributed by atoms with Crippen LogP contribution in [-0.4, -0.2) is 48.2 Å². The van der Waals surface area contributed by atoms with Gasteiger partial charge in [0.1, 0.15) is 0 Å². The summed E-state index contributed by atoms with van der Waals surface area (Å²) >= 11 is 0. The van der Waals surface area contributed by atoms with Crippen molar-refractivity contribution in [2.45, 2.75) is 89.9 Å². The zero-order valence-electron chi connectivity index (χ0n) is 19.5. The van der Waals surface area contributed by atoms with Gasteiger partial charge in [-0.3, -0.25) is 9.89 Å². The Morgan fingerprint density at radius 3 is 2.35 bits per heavy atom. The topological polar surface area (TPSA) is 59.9 Å². The number of guanidine groups is 1. The molecule has 3 rings (SSSR count). The van der Waals surface area contributed by atoms with Gasteiger partial charge in [0.2, 0.25) is 0 Å². The summed E-state index contributed by atoms with van der Waals surface area (Å²) in [6, 6.07) is 9.32. The summed E-state index contributed by atoms with van der Waals surface area (Å²) in [7, 11) is 1.85. The van der Waals surface area contributed by atoms with Gasteiger partial charge in [-0.1, -0.05) is 56.4 Å². The maximum absolute atomic E-state index is 9.65. The summed E-state index contributed by atoms with van der Waals surface area (Å²) in [5.41, 5.74) is 2.61. The molecule has 6 heteroatoms. The van der Waals surface area contributed by atoms with Gasteiger partial charge in [0.15, 0.2) is 5.96 Å². The van der Waals surface area contributed by atoms with E-state index in [0.29, 0.717) is 6.04 Å². The molecule has 0 radical (unpaired) electrons. The molecule has 1 atom stereocenters. The molecule has 2 aliphatic rings. The molecule has 1 unspecified atom stereocenters. The van der Waals surface area contributed by atoms with E-state index in [4.69, 9.17) is 0 Å². The Morgan fingerprint density at radius 1 is 1.06 bits per heavy atom. The standard InChI is InChI=1S/C25H42N4O.HI/c1-20(8-9-21-6-4-3-5-7-21)28-25(26-2)27-18-22-10-12-23(13-11-22)19-29-16-14-24(30)15-17-29;/h10-13,20-21,24,30H,3-9,14-19H2,1-2H3,(H2,26,27,28);1H. The molecule has 1 aromatic carbocycles. The van der Waals surface area contributed by atoms with E-state index in [0.717, 1.165) is 50.9 Å². The molecular formula is C25H43IN4O. The molecule has 176 valence electrons. The number of rotatable bonds is 8. The number of benzene rings is 1. The van der Waals surface area contributed by atoms with Gasteiger partial charge in [0.25, 0.3) is 0 Å². The Morgan fingerprint density at radius 2 is 1.71 bits per heavy atom. The lowest BCUT2D eigenvalue weighted by Gasteiger charge is -2.29. The largest absolute Gasteiger partial charge is 0.393 e. The van der Waals surface area contributed by atoms with Crippen LogP contribution in [0, 0.1) is 5.92 Å². The molecule has 0 aromatic heterocycles. The van der Waals surface area contributed by atoms with Crippen LogP contribution in [-0.2, 0) is 13.1 Å². The van der Waals surface area contributed by atoms with Crippen molar-refractivity contribution in [3.8, 4) is 0 Å². The lowest BCUT2D eigenvalue weighted by molar-refractivity contribution is 0.0792. The van der Waals surface area contributed by atoms with Gasteiger partial charge in [-0.05, 0) is 49.7 Å². The fourth-order valence-corrected chi connectivity index (χ4v) is 4.75. The second kappa shape index (κ2) is 14.3. The number of aliphatic imine (C=N–C) groups is 1. The molecule has 1 aliphatic carbocycles. The third-order valence-corrected chi connectivity index (χ3v) is 6.79. The van der Waals surface area contributed by atoms with Crippen LogP contribution in [0.15, 0.2) is 29.3 Å². The highest BCUT2D eigenvalue weighted by Crippen LogP contribution is 2.27. The highest BCUT2D eigenvalue weighted by atomic mass is 127. The van der Waals surface area contributed by atoms with E-state index in [1.165, 1.54) is 56.1 Å². The average molecular weight is 543 g/mol. The Labute approximate surface area is 206 Å². The molecule has 1 aliphatic heterocycles. The van der Waals surface area contributed by atoms with E-state index >= 15 is 0 Å². The van der Waals surface area contributed by atoms with Crippen LogP contribution in [0.4, 0.5) is 0 Å². The molecule has 0 amide bonds. The Hall–Kier alpha value is -0.860. The summed E-state index contributed by atoms with van der Waals surface area (Å²) < 4.78 is 0. The van der Waals surface area contributed by atoms with E-state index in [1.54, 1.807) is 0 Å². The normalized spacial score (nSPS) is 20.2. The molecule has 1 saturated heterocycles. The summed E-state index contributed by atoms with van der Waals surface area (Å²) in [6.45, 7) is 6.01. The minimum absolute atomic E-state index is 0. The van der Waals surface area contributed by atoms with Gasteiger partial charge < -0.3 is 15.7 Å². The summed E-state index contributed by atoms with van der Waals surface area (Å²) in [4.78, 5) is 6.84. The summed E-state index contributed by atoms with van der Waals surface area (Å²) in [6.07, 6.45) is 11.4. The molecule has 2 fully saturated rings. The number of halogens is 1. The van der Waals surface area contributed by atoms with Crippen molar-refractivity contribution >= 4 is 29.9 Å². The first-order valence-corrected chi connectivity index (χ1v) is 12.1. The van der Waals surface area contributed by atoms with Gasteiger partial charge >= 0.3 is 0 Å². The Kier molecular flexibility index (Phi) is 12.2. The second-order valence-corrected chi connectivity index (χ2v) is 9.38. The van der Waals surface area contributed by atoms with Gasteiger partial charge in [-0.25, -0.2) is 0 Å². The van der Waals surface area contributed by atoms with Crippen molar-refractivity contribution in [1.82, 2.24) is 15.5 Å². The molecule has 0 bridgehead atoms. The fourth-order valence-electron chi connectivity index (χ4n) is 4.75. The fraction of sp³-hybridized carbons (Fsp3) is 0.720.